The minimum atomic E-state index is -0.470. The van der Waals surface area contributed by atoms with Crippen LogP contribution >= 0.6 is 0 Å². The van der Waals surface area contributed by atoms with Gasteiger partial charge in [0, 0.05) is 41.3 Å². The van der Waals surface area contributed by atoms with Gasteiger partial charge in [-0.1, -0.05) is 18.2 Å². The highest BCUT2D eigenvalue weighted by atomic mass is 16.6. The number of esters is 1. The topological polar surface area (TPSA) is 66.9 Å². The van der Waals surface area contributed by atoms with Gasteiger partial charge in [0.05, 0.1) is 12.6 Å². The van der Waals surface area contributed by atoms with Crippen LogP contribution in [0, 0.1) is 11.8 Å². The zero-order chi connectivity index (χ0) is 19.0. The number of aromatic nitrogens is 1. The molecule has 2 fully saturated rings. The van der Waals surface area contributed by atoms with Gasteiger partial charge in [-0.25, -0.2) is 0 Å². The Balaban J connectivity index is 1.44. The minimum Gasteiger partial charge on any atom is -0.466 e. The van der Waals surface area contributed by atoms with Crippen LogP contribution in [0.15, 0.2) is 29.3 Å². The number of nitrogens with zero attached hydrogens (tertiary/aromatic N) is 2. The first-order valence-electron chi connectivity index (χ1n) is 10.4. The van der Waals surface area contributed by atoms with Gasteiger partial charge in [-0.15, -0.1) is 0 Å². The van der Waals surface area contributed by atoms with E-state index in [9.17, 15) is 4.79 Å². The maximum absolute atomic E-state index is 12.7. The standard InChI is InChI=1S/C22H25N3O3/c1-3-27-21(26)18-15-10-17-19-14(13-6-4-5-7-16(13)24-19)8-9-25(17)12(2)22(15)11-23-20(18)28-22/h4-7,11-12,15,17-18,20,24H,3,8-10H2,1-2H3/t12-,15+,17-,18-,20-,22+/m0/s1. The Hall–Kier alpha value is -2.18. The molecular weight excluding hydrogens is 354 g/mol. The van der Waals surface area contributed by atoms with E-state index in [2.05, 4.69) is 46.1 Å². The molecule has 4 aliphatic heterocycles. The number of ether oxygens (including phenoxy) is 2. The molecule has 6 rings (SSSR count). The van der Waals surface area contributed by atoms with Crippen LogP contribution in [-0.2, 0) is 20.7 Å². The third-order valence-corrected chi connectivity index (χ3v) is 7.45. The third kappa shape index (κ3) is 1.95. The first kappa shape index (κ1) is 16.7. The van der Waals surface area contributed by atoms with E-state index in [1.807, 2.05) is 13.1 Å². The number of piperidine rings is 1. The average molecular weight is 379 g/mol. The SMILES string of the molecule is CCOC(=O)[C@H]1[C@H]2C[C@H]3c4[nH]c5ccccc5c4CCN3[C@@H](C)[C@]23C=N[C@H]1O3. The smallest absolute Gasteiger partial charge is 0.314 e. The van der Waals surface area contributed by atoms with Crippen LogP contribution in [0.25, 0.3) is 10.9 Å². The average Bonchev–Trinajstić information content (AvgIpc) is 3.38. The number of aromatic amines is 1. The molecule has 6 atom stereocenters. The van der Waals surface area contributed by atoms with Gasteiger partial charge < -0.3 is 14.5 Å². The minimum absolute atomic E-state index is 0.0997. The van der Waals surface area contributed by atoms with Gasteiger partial charge in [0.2, 0.25) is 0 Å². The predicted octanol–water partition coefficient (Wildman–Crippen LogP) is 2.83. The van der Waals surface area contributed by atoms with E-state index in [1.165, 1.54) is 22.2 Å². The third-order valence-electron chi connectivity index (χ3n) is 7.45. The van der Waals surface area contributed by atoms with Crippen molar-refractivity contribution in [3.63, 3.8) is 0 Å². The van der Waals surface area contributed by atoms with Gasteiger partial charge in [-0.2, -0.15) is 0 Å². The number of para-hydroxylation sites is 1. The van der Waals surface area contributed by atoms with Crippen LogP contribution in [-0.4, -0.2) is 53.1 Å². The first-order valence-corrected chi connectivity index (χ1v) is 10.4. The number of aliphatic imine (C=N–C) groups is 1. The summed E-state index contributed by atoms with van der Waals surface area (Å²) in [6.07, 6.45) is 3.51. The monoisotopic (exact) mass is 379 g/mol. The summed E-state index contributed by atoms with van der Waals surface area (Å²) in [7, 11) is 0. The second kappa shape index (κ2) is 5.67. The number of H-pyrrole nitrogens is 1. The maximum Gasteiger partial charge on any atom is 0.314 e. The second-order valence-electron chi connectivity index (χ2n) is 8.50. The molecule has 0 aliphatic carbocycles. The lowest BCUT2D eigenvalue weighted by atomic mass is 9.67. The molecule has 2 bridgehead atoms. The van der Waals surface area contributed by atoms with E-state index in [0.29, 0.717) is 6.61 Å². The van der Waals surface area contributed by atoms with Crippen LogP contribution < -0.4 is 0 Å². The van der Waals surface area contributed by atoms with Gasteiger partial charge in [0.25, 0.3) is 0 Å². The lowest BCUT2D eigenvalue weighted by molar-refractivity contribution is -0.151. The number of fused-ring (bicyclic) bond motifs is 6. The molecule has 5 heterocycles. The summed E-state index contributed by atoms with van der Waals surface area (Å²) >= 11 is 0. The van der Waals surface area contributed by atoms with Crippen molar-refractivity contribution in [2.75, 3.05) is 13.2 Å². The molecule has 1 aromatic carbocycles. The molecule has 1 spiro atoms. The molecule has 0 saturated carbocycles. The Morgan fingerprint density at radius 2 is 2.29 bits per heavy atom. The van der Waals surface area contributed by atoms with Crippen molar-refractivity contribution < 1.29 is 14.3 Å². The van der Waals surface area contributed by atoms with Gasteiger partial charge >= 0.3 is 5.97 Å². The Morgan fingerprint density at radius 1 is 1.43 bits per heavy atom. The number of nitrogens with one attached hydrogen (secondary N) is 1. The summed E-state index contributed by atoms with van der Waals surface area (Å²) < 4.78 is 11.8. The first-order chi connectivity index (χ1) is 13.6. The number of hydrogen-bond acceptors (Lipinski definition) is 5. The predicted molar refractivity (Wildman–Crippen MR) is 105 cm³/mol. The lowest BCUT2D eigenvalue weighted by Crippen LogP contribution is -2.62. The largest absolute Gasteiger partial charge is 0.466 e. The van der Waals surface area contributed by atoms with Gasteiger partial charge in [0.1, 0.15) is 11.5 Å². The highest BCUT2D eigenvalue weighted by Gasteiger charge is 2.67. The molecule has 2 aromatic rings. The highest BCUT2D eigenvalue weighted by Crippen LogP contribution is 2.57. The quantitative estimate of drug-likeness (QED) is 0.815. The summed E-state index contributed by atoms with van der Waals surface area (Å²) in [5.74, 6) is -0.364. The van der Waals surface area contributed by atoms with Crippen LogP contribution in [0.3, 0.4) is 0 Å². The molecule has 0 amide bonds. The number of hydrogen-bond donors (Lipinski definition) is 1. The molecule has 0 unspecified atom stereocenters. The zero-order valence-corrected chi connectivity index (χ0v) is 16.2. The van der Waals surface area contributed by atoms with E-state index in [0.717, 1.165) is 19.4 Å². The van der Waals surface area contributed by atoms with Gasteiger partial charge in [-0.05, 0) is 38.3 Å². The van der Waals surface area contributed by atoms with E-state index in [4.69, 9.17) is 9.47 Å². The Bertz CT molecular complexity index is 998. The van der Waals surface area contributed by atoms with Gasteiger partial charge in [0.15, 0.2) is 6.23 Å². The molecule has 1 N–H and O–H groups in total. The fraction of sp³-hybridized carbons (Fsp3) is 0.545. The van der Waals surface area contributed by atoms with Crippen LogP contribution in [0.1, 0.15) is 37.6 Å². The normalized spacial score (nSPS) is 38.3. The Labute approximate surface area is 163 Å². The summed E-state index contributed by atoms with van der Waals surface area (Å²) in [4.78, 5) is 23.5. The summed E-state index contributed by atoms with van der Waals surface area (Å²) in [5, 5.41) is 1.33. The van der Waals surface area contributed by atoms with Crippen molar-refractivity contribution in [3.8, 4) is 0 Å². The molecule has 0 radical (unpaired) electrons. The van der Waals surface area contributed by atoms with Crippen molar-refractivity contribution in [3.05, 3.63) is 35.5 Å². The molecule has 1 aromatic heterocycles. The molecule has 146 valence electrons. The Morgan fingerprint density at radius 3 is 3.14 bits per heavy atom. The van der Waals surface area contributed by atoms with E-state index < -0.39 is 11.8 Å². The van der Waals surface area contributed by atoms with Crippen molar-refractivity contribution in [2.45, 2.75) is 50.6 Å². The van der Waals surface area contributed by atoms with Gasteiger partial charge in [-0.3, -0.25) is 14.7 Å². The van der Waals surface area contributed by atoms with Crippen LogP contribution in [0.5, 0.6) is 0 Å². The maximum atomic E-state index is 12.7. The summed E-state index contributed by atoms with van der Waals surface area (Å²) in [5.41, 5.74) is 3.49. The highest BCUT2D eigenvalue weighted by molar-refractivity contribution is 5.86. The summed E-state index contributed by atoms with van der Waals surface area (Å²) in [6.45, 7) is 5.48. The van der Waals surface area contributed by atoms with E-state index in [-0.39, 0.29) is 29.9 Å². The van der Waals surface area contributed by atoms with Crippen molar-refractivity contribution in [2.24, 2.45) is 16.8 Å². The van der Waals surface area contributed by atoms with Crippen molar-refractivity contribution in [1.82, 2.24) is 9.88 Å². The fourth-order valence-electron chi connectivity index (χ4n) is 6.21. The number of carbonyl (C=O) groups excluding carboxylic acids is 1. The van der Waals surface area contributed by atoms with Crippen molar-refractivity contribution in [1.29, 1.82) is 0 Å². The molecule has 6 nitrogen and oxygen atoms in total. The molecule has 2 saturated heterocycles. The molecular formula is C22H25N3O3. The van der Waals surface area contributed by atoms with Crippen LogP contribution in [0.2, 0.25) is 0 Å². The van der Waals surface area contributed by atoms with E-state index >= 15 is 0 Å². The molecule has 4 aliphatic rings. The fourth-order valence-corrected chi connectivity index (χ4v) is 6.21. The van der Waals surface area contributed by atoms with E-state index in [1.54, 1.807) is 0 Å². The zero-order valence-electron chi connectivity index (χ0n) is 16.2. The van der Waals surface area contributed by atoms with Crippen molar-refractivity contribution >= 4 is 23.1 Å². The second-order valence-corrected chi connectivity index (χ2v) is 8.50. The summed E-state index contributed by atoms with van der Waals surface area (Å²) in [6, 6.07) is 9.00. The molecule has 28 heavy (non-hydrogen) atoms. The van der Waals surface area contributed by atoms with Crippen LogP contribution in [0.4, 0.5) is 0 Å². The Kier molecular flexibility index (Phi) is 3.39. The number of rotatable bonds is 2. The molecule has 6 heteroatoms. The number of carbonyl (C=O) groups is 1. The lowest BCUT2D eigenvalue weighted by Gasteiger charge is -2.53. The number of benzene rings is 1.